The van der Waals surface area contributed by atoms with E-state index in [1.165, 1.54) is 18.5 Å². The average molecular weight is 371 g/mol. The number of hydrogen-bond acceptors (Lipinski definition) is 3. The highest BCUT2D eigenvalue weighted by Gasteiger charge is 2.59. The summed E-state index contributed by atoms with van der Waals surface area (Å²) in [5.41, 5.74) is 3.38. The van der Waals surface area contributed by atoms with Gasteiger partial charge in [-0.15, -0.1) is 0 Å². The number of likely N-dealkylation sites (N-methyl/N-ethyl adjacent to an activating group) is 1. The SMILES string of the molecule is CC(C)c1ccc(S(=O)(=O)Nc2ccc([C@]34C[C@H]3CN(C)C4)cc2)cc1. The van der Waals surface area contributed by atoms with E-state index in [9.17, 15) is 8.42 Å². The number of likely N-dealkylation sites (tertiary alicyclic amines) is 1. The number of nitrogens with zero attached hydrogens (tertiary/aromatic N) is 1. The molecule has 138 valence electrons. The second-order valence-corrected chi connectivity index (χ2v) is 9.84. The number of nitrogens with one attached hydrogen (secondary N) is 1. The van der Waals surface area contributed by atoms with E-state index in [4.69, 9.17) is 0 Å². The molecule has 2 aromatic carbocycles. The van der Waals surface area contributed by atoms with E-state index in [1.54, 1.807) is 12.1 Å². The number of benzene rings is 2. The molecule has 1 heterocycles. The monoisotopic (exact) mass is 370 g/mol. The van der Waals surface area contributed by atoms with Crippen LogP contribution in [0.5, 0.6) is 0 Å². The molecule has 0 unspecified atom stereocenters. The first kappa shape index (κ1) is 17.6. The minimum Gasteiger partial charge on any atom is -0.305 e. The lowest BCUT2D eigenvalue weighted by Gasteiger charge is -2.17. The molecule has 0 spiro atoms. The normalized spacial score (nSPS) is 25.3. The smallest absolute Gasteiger partial charge is 0.261 e. The van der Waals surface area contributed by atoms with Crippen LogP contribution in [0.4, 0.5) is 5.69 Å². The van der Waals surface area contributed by atoms with Crippen molar-refractivity contribution in [1.82, 2.24) is 4.90 Å². The van der Waals surface area contributed by atoms with Gasteiger partial charge in [0.1, 0.15) is 0 Å². The zero-order valence-electron chi connectivity index (χ0n) is 15.6. The van der Waals surface area contributed by atoms with Gasteiger partial charge in [0, 0.05) is 24.2 Å². The number of sulfonamides is 1. The van der Waals surface area contributed by atoms with Crippen LogP contribution in [0.25, 0.3) is 0 Å². The summed E-state index contributed by atoms with van der Waals surface area (Å²) < 4.78 is 27.9. The quantitative estimate of drug-likeness (QED) is 0.871. The van der Waals surface area contributed by atoms with Crippen molar-refractivity contribution in [1.29, 1.82) is 0 Å². The second-order valence-electron chi connectivity index (χ2n) is 8.16. The summed E-state index contributed by atoms with van der Waals surface area (Å²) in [5.74, 6) is 1.14. The molecular formula is C21H26N2O2S. The molecule has 26 heavy (non-hydrogen) atoms. The third-order valence-electron chi connectivity index (χ3n) is 5.89. The molecule has 1 aliphatic carbocycles. The zero-order chi connectivity index (χ0) is 18.5. The van der Waals surface area contributed by atoms with Gasteiger partial charge in [-0.2, -0.15) is 0 Å². The lowest BCUT2D eigenvalue weighted by atomic mass is 9.95. The van der Waals surface area contributed by atoms with E-state index < -0.39 is 10.0 Å². The van der Waals surface area contributed by atoms with Crippen LogP contribution in [0.15, 0.2) is 53.4 Å². The molecule has 5 heteroatoms. The average Bonchev–Trinajstić information content (AvgIpc) is 3.18. The topological polar surface area (TPSA) is 49.4 Å². The van der Waals surface area contributed by atoms with Crippen molar-refractivity contribution in [3.8, 4) is 0 Å². The van der Waals surface area contributed by atoms with Crippen molar-refractivity contribution in [2.75, 3.05) is 24.9 Å². The number of piperidine rings is 1. The summed E-state index contributed by atoms with van der Waals surface area (Å²) >= 11 is 0. The molecule has 1 aliphatic heterocycles. The van der Waals surface area contributed by atoms with Gasteiger partial charge >= 0.3 is 0 Å². The standard InChI is InChI=1S/C21H26N2O2S/c1-15(2)16-4-10-20(11-5-16)26(24,25)22-19-8-6-17(7-9-19)21-12-18(21)13-23(3)14-21/h4-11,15,18,22H,12-14H2,1-3H3/t18-,21+/m0/s1. The Morgan fingerprint density at radius 2 is 1.73 bits per heavy atom. The van der Waals surface area contributed by atoms with Gasteiger partial charge < -0.3 is 4.90 Å². The van der Waals surface area contributed by atoms with Crippen molar-refractivity contribution in [2.45, 2.75) is 36.5 Å². The lowest BCUT2D eigenvalue weighted by molar-refractivity contribution is 0.363. The largest absolute Gasteiger partial charge is 0.305 e. The van der Waals surface area contributed by atoms with E-state index >= 15 is 0 Å². The molecule has 0 bridgehead atoms. The van der Waals surface area contributed by atoms with Crippen LogP contribution in [0.1, 0.15) is 37.3 Å². The highest BCUT2D eigenvalue weighted by molar-refractivity contribution is 7.92. The van der Waals surface area contributed by atoms with Gasteiger partial charge in [0.05, 0.1) is 4.90 Å². The highest BCUT2D eigenvalue weighted by atomic mass is 32.2. The molecule has 0 aromatic heterocycles. The maximum atomic E-state index is 12.6. The van der Waals surface area contributed by atoms with Gasteiger partial charge in [-0.25, -0.2) is 8.42 Å². The fourth-order valence-corrected chi connectivity index (χ4v) is 5.36. The maximum absolute atomic E-state index is 12.6. The van der Waals surface area contributed by atoms with Crippen LogP contribution in [-0.2, 0) is 15.4 Å². The van der Waals surface area contributed by atoms with Crippen LogP contribution in [0.3, 0.4) is 0 Å². The molecule has 2 aromatic rings. The molecule has 2 atom stereocenters. The Balaban J connectivity index is 1.50. The van der Waals surface area contributed by atoms with E-state index in [0.717, 1.165) is 18.0 Å². The number of hydrogen-bond donors (Lipinski definition) is 1. The second kappa shape index (κ2) is 6.10. The summed E-state index contributed by atoms with van der Waals surface area (Å²) in [4.78, 5) is 2.68. The van der Waals surface area contributed by atoms with Crippen LogP contribution in [0, 0.1) is 5.92 Å². The predicted molar refractivity (Wildman–Crippen MR) is 105 cm³/mol. The van der Waals surface area contributed by atoms with Crippen molar-refractivity contribution in [3.05, 3.63) is 59.7 Å². The van der Waals surface area contributed by atoms with Crippen molar-refractivity contribution < 1.29 is 8.42 Å². The number of anilines is 1. The Morgan fingerprint density at radius 1 is 1.08 bits per heavy atom. The fourth-order valence-electron chi connectivity index (χ4n) is 4.30. The van der Waals surface area contributed by atoms with Gasteiger partial charge in [-0.05, 0) is 60.7 Å². The van der Waals surface area contributed by atoms with Gasteiger partial charge in [-0.1, -0.05) is 38.1 Å². The summed E-state index contributed by atoms with van der Waals surface area (Å²) in [7, 11) is -1.39. The van der Waals surface area contributed by atoms with Gasteiger partial charge in [0.25, 0.3) is 10.0 Å². The molecule has 2 fully saturated rings. The number of fused-ring (bicyclic) bond motifs is 1. The Morgan fingerprint density at radius 3 is 2.27 bits per heavy atom. The van der Waals surface area contributed by atoms with Gasteiger partial charge in [0.15, 0.2) is 0 Å². The maximum Gasteiger partial charge on any atom is 0.261 e. The van der Waals surface area contributed by atoms with Crippen LogP contribution in [0.2, 0.25) is 0 Å². The summed E-state index contributed by atoms with van der Waals surface area (Å²) in [6, 6.07) is 15.0. The first-order valence-corrected chi connectivity index (χ1v) is 10.7. The summed E-state index contributed by atoms with van der Waals surface area (Å²) in [6.45, 7) is 6.45. The molecule has 4 rings (SSSR count). The molecule has 0 amide bonds. The molecule has 1 saturated heterocycles. The van der Waals surface area contributed by atoms with E-state index in [1.807, 2.05) is 24.3 Å². The van der Waals surface area contributed by atoms with Crippen LogP contribution >= 0.6 is 0 Å². The van der Waals surface area contributed by atoms with E-state index in [-0.39, 0.29) is 0 Å². The third-order valence-corrected chi connectivity index (χ3v) is 7.28. The third kappa shape index (κ3) is 3.03. The van der Waals surface area contributed by atoms with E-state index in [2.05, 4.69) is 42.6 Å². The summed E-state index contributed by atoms with van der Waals surface area (Å²) in [5, 5.41) is 0. The molecule has 1 N–H and O–H groups in total. The Bertz CT molecular complexity index is 904. The Kier molecular flexibility index (Phi) is 4.12. The Hall–Kier alpha value is -1.85. The van der Waals surface area contributed by atoms with Crippen molar-refractivity contribution in [3.63, 3.8) is 0 Å². The molecule has 4 nitrogen and oxygen atoms in total. The lowest BCUT2D eigenvalue weighted by Crippen LogP contribution is -2.22. The van der Waals surface area contributed by atoms with Gasteiger partial charge in [-0.3, -0.25) is 4.72 Å². The van der Waals surface area contributed by atoms with Crippen LogP contribution < -0.4 is 4.72 Å². The molecular weight excluding hydrogens is 344 g/mol. The van der Waals surface area contributed by atoms with Crippen molar-refractivity contribution >= 4 is 15.7 Å². The predicted octanol–water partition coefficient (Wildman–Crippen LogP) is 3.81. The molecule has 0 radical (unpaired) electrons. The first-order valence-electron chi connectivity index (χ1n) is 9.22. The highest BCUT2D eigenvalue weighted by Crippen LogP contribution is 2.58. The van der Waals surface area contributed by atoms with E-state index in [0.29, 0.717) is 21.9 Å². The fraction of sp³-hybridized carbons (Fsp3) is 0.429. The molecule has 2 aliphatic rings. The minimum absolute atomic E-state index is 0.296. The molecule has 1 saturated carbocycles. The van der Waals surface area contributed by atoms with Crippen LogP contribution in [-0.4, -0.2) is 33.5 Å². The van der Waals surface area contributed by atoms with Crippen molar-refractivity contribution in [2.24, 2.45) is 5.92 Å². The van der Waals surface area contributed by atoms with Gasteiger partial charge in [0.2, 0.25) is 0 Å². The zero-order valence-corrected chi connectivity index (χ0v) is 16.4. The minimum atomic E-state index is -3.56. The summed E-state index contributed by atoms with van der Waals surface area (Å²) in [6.07, 6.45) is 1.25. The Labute approximate surface area is 156 Å². The first-order chi connectivity index (χ1) is 12.3. The number of rotatable bonds is 5.